The average molecular weight is 225 g/mol. The summed E-state index contributed by atoms with van der Waals surface area (Å²) in [5, 5.41) is 9.50. The van der Waals surface area contributed by atoms with Crippen LogP contribution in [-0.4, -0.2) is 23.8 Å². The summed E-state index contributed by atoms with van der Waals surface area (Å²) in [5.41, 5.74) is -1.55. The Kier molecular flexibility index (Phi) is 5.58. The summed E-state index contributed by atoms with van der Waals surface area (Å²) < 4.78 is 31.1. The first-order valence-corrected chi connectivity index (χ1v) is 6.19. The highest BCUT2D eigenvalue weighted by Crippen LogP contribution is 2.12. The number of unbranched alkanes of at least 4 members (excludes halogenated alkanes) is 3. The molecular weight excluding hydrogens is 206 g/mol. The second-order valence-corrected chi connectivity index (χ2v) is 4.82. The van der Waals surface area contributed by atoms with E-state index in [4.69, 9.17) is 4.55 Å². The number of hydrogen-bond donors (Lipinski definition) is 3. The molecule has 0 rings (SSSR count). The van der Waals surface area contributed by atoms with Crippen LogP contribution in [0.4, 0.5) is 0 Å². The first kappa shape index (κ1) is 13.8. The lowest BCUT2D eigenvalue weighted by Crippen LogP contribution is -2.45. The van der Waals surface area contributed by atoms with Crippen molar-refractivity contribution in [2.24, 2.45) is 0 Å². The predicted octanol–water partition coefficient (Wildman–Crippen LogP) is 1.06. The lowest BCUT2D eigenvalue weighted by atomic mass is 10.1. The summed E-state index contributed by atoms with van der Waals surface area (Å²) in [4.78, 5) is 0. The van der Waals surface area contributed by atoms with E-state index in [1.165, 1.54) is 6.92 Å². The second-order valence-electron chi connectivity index (χ2n) is 3.66. The number of rotatable bonds is 7. The van der Waals surface area contributed by atoms with E-state index >= 15 is 0 Å². The highest BCUT2D eigenvalue weighted by atomic mass is 32.2. The zero-order valence-corrected chi connectivity index (χ0v) is 9.47. The molecule has 14 heavy (non-hydrogen) atoms. The van der Waals surface area contributed by atoms with Gasteiger partial charge in [-0.15, -0.1) is 0 Å². The fourth-order valence-electron chi connectivity index (χ4n) is 1.22. The molecule has 0 saturated carbocycles. The third-order valence-electron chi connectivity index (χ3n) is 1.87. The van der Waals surface area contributed by atoms with E-state index in [1.54, 1.807) is 4.72 Å². The molecule has 3 N–H and O–H groups in total. The standard InChI is InChI=1S/C8H19NO4S/c1-3-4-5-6-7-8(2,10)9-14(11,12)13/h9-10H,3-7H2,1-2H3,(H,11,12,13). The molecule has 5 nitrogen and oxygen atoms in total. The zero-order chi connectivity index (χ0) is 11.2. The number of hydrogen-bond acceptors (Lipinski definition) is 3. The molecule has 0 aliphatic carbocycles. The molecule has 0 saturated heterocycles. The van der Waals surface area contributed by atoms with E-state index in [0.29, 0.717) is 6.42 Å². The van der Waals surface area contributed by atoms with E-state index < -0.39 is 16.0 Å². The van der Waals surface area contributed by atoms with Crippen LogP contribution in [0.25, 0.3) is 0 Å². The summed E-state index contributed by atoms with van der Waals surface area (Å²) >= 11 is 0. The molecule has 6 heteroatoms. The Balaban J connectivity index is 3.84. The van der Waals surface area contributed by atoms with Crippen molar-refractivity contribution >= 4 is 10.3 Å². The van der Waals surface area contributed by atoms with Gasteiger partial charge in [-0.05, 0) is 19.8 Å². The van der Waals surface area contributed by atoms with Crippen LogP contribution in [0.15, 0.2) is 0 Å². The molecule has 0 fully saturated rings. The van der Waals surface area contributed by atoms with Crippen molar-refractivity contribution in [1.29, 1.82) is 0 Å². The van der Waals surface area contributed by atoms with Crippen molar-refractivity contribution in [3.8, 4) is 0 Å². The molecule has 0 aromatic carbocycles. The van der Waals surface area contributed by atoms with Gasteiger partial charge in [0.1, 0.15) is 5.72 Å². The smallest absolute Gasteiger partial charge is 0.335 e. The van der Waals surface area contributed by atoms with Crippen LogP contribution in [0.5, 0.6) is 0 Å². The van der Waals surface area contributed by atoms with Crippen molar-refractivity contribution in [2.45, 2.75) is 51.7 Å². The zero-order valence-electron chi connectivity index (χ0n) is 8.65. The molecule has 0 aromatic rings. The first-order chi connectivity index (χ1) is 6.27. The van der Waals surface area contributed by atoms with E-state index in [1.807, 2.05) is 0 Å². The van der Waals surface area contributed by atoms with E-state index in [2.05, 4.69) is 6.92 Å². The Hall–Kier alpha value is -0.170. The van der Waals surface area contributed by atoms with Crippen LogP contribution in [0.1, 0.15) is 46.0 Å². The summed E-state index contributed by atoms with van der Waals surface area (Å²) in [5.74, 6) is 0. The van der Waals surface area contributed by atoms with Gasteiger partial charge < -0.3 is 5.11 Å². The van der Waals surface area contributed by atoms with E-state index in [-0.39, 0.29) is 0 Å². The van der Waals surface area contributed by atoms with Gasteiger partial charge in [0.15, 0.2) is 0 Å². The van der Waals surface area contributed by atoms with Gasteiger partial charge in [-0.2, -0.15) is 13.1 Å². The van der Waals surface area contributed by atoms with Crippen LogP contribution < -0.4 is 4.72 Å². The van der Waals surface area contributed by atoms with Gasteiger partial charge in [-0.3, -0.25) is 4.55 Å². The first-order valence-electron chi connectivity index (χ1n) is 4.75. The molecule has 1 unspecified atom stereocenters. The number of aliphatic hydroxyl groups is 1. The van der Waals surface area contributed by atoms with Crippen LogP contribution in [0.2, 0.25) is 0 Å². The monoisotopic (exact) mass is 225 g/mol. The van der Waals surface area contributed by atoms with Crippen LogP contribution >= 0.6 is 0 Å². The molecule has 0 heterocycles. The van der Waals surface area contributed by atoms with E-state index in [0.717, 1.165) is 25.7 Å². The second kappa shape index (κ2) is 5.65. The maximum atomic E-state index is 10.4. The highest BCUT2D eigenvalue weighted by molar-refractivity contribution is 7.83. The molecule has 0 radical (unpaired) electrons. The maximum Gasteiger partial charge on any atom is 0.335 e. The Labute approximate surface area is 85.4 Å². The molecule has 1 atom stereocenters. The SMILES string of the molecule is CCCCCCC(C)(O)NS(=O)(=O)O. The third kappa shape index (κ3) is 8.43. The Morgan fingerprint density at radius 2 is 1.86 bits per heavy atom. The van der Waals surface area contributed by atoms with Crippen molar-refractivity contribution in [3.63, 3.8) is 0 Å². The van der Waals surface area contributed by atoms with Crippen molar-refractivity contribution in [2.75, 3.05) is 0 Å². The van der Waals surface area contributed by atoms with Crippen LogP contribution in [-0.2, 0) is 10.3 Å². The van der Waals surface area contributed by atoms with Crippen LogP contribution in [0.3, 0.4) is 0 Å². The Morgan fingerprint density at radius 3 is 2.29 bits per heavy atom. The van der Waals surface area contributed by atoms with Gasteiger partial charge in [-0.1, -0.05) is 26.2 Å². The van der Waals surface area contributed by atoms with Gasteiger partial charge in [0.2, 0.25) is 0 Å². The van der Waals surface area contributed by atoms with Gasteiger partial charge in [0.05, 0.1) is 0 Å². The maximum absolute atomic E-state index is 10.4. The molecule has 0 aromatic heterocycles. The van der Waals surface area contributed by atoms with Crippen LogP contribution in [0, 0.1) is 0 Å². The predicted molar refractivity (Wildman–Crippen MR) is 54.1 cm³/mol. The minimum absolute atomic E-state index is 0.298. The van der Waals surface area contributed by atoms with Crippen molar-refractivity contribution < 1.29 is 18.1 Å². The average Bonchev–Trinajstić information content (AvgIpc) is 1.93. The molecule has 0 spiro atoms. The summed E-state index contributed by atoms with van der Waals surface area (Å²) in [6.07, 6.45) is 4.10. The topological polar surface area (TPSA) is 86.6 Å². The molecule has 0 aliphatic heterocycles. The Bertz CT molecular complexity index is 248. The fraction of sp³-hybridized carbons (Fsp3) is 1.00. The molecule has 0 amide bonds. The largest absolute Gasteiger partial charge is 0.375 e. The molecule has 0 aliphatic rings. The number of nitrogens with one attached hydrogen (secondary N) is 1. The van der Waals surface area contributed by atoms with Crippen molar-refractivity contribution in [3.05, 3.63) is 0 Å². The normalized spacial score (nSPS) is 16.6. The minimum Gasteiger partial charge on any atom is -0.375 e. The molecule has 0 bridgehead atoms. The molecule has 86 valence electrons. The lowest BCUT2D eigenvalue weighted by molar-refractivity contribution is 0.0346. The van der Waals surface area contributed by atoms with Gasteiger partial charge >= 0.3 is 10.3 Å². The van der Waals surface area contributed by atoms with Crippen molar-refractivity contribution in [1.82, 2.24) is 4.72 Å². The Morgan fingerprint density at radius 1 is 1.29 bits per heavy atom. The highest BCUT2D eigenvalue weighted by Gasteiger charge is 2.24. The van der Waals surface area contributed by atoms with Gasteiger partial charge in [-0.25, -0.2) is 0 Å². The summed E-state index contributed by atoms with van der Waals surface area (Å²) in [6, 6.07) is 0. The summed E-state index contributed by atoms with van der Waals surface area (Å²) in [6.45, 7) is 3.39. The summed E-state index contributed by atoms with van der Waals surface area (Å²) in [7, 11) is -4.32. The van der Waals surface area contributed by atoms with E-state index in [9.17, 15) is 13.5 Å². The quantitative estimate of drug-likeness (QED) is 0.343. The lowest BCUT2D eigenvalue weighted by Gasteiger charge is -2.22. The third-order valence-corrected chi connectivity index (χ3v) is 2.56. The fourth-order valence-corrected chi connectivity index (χ4v) is 1.88. The molecular formula is C8H19NO4S. The van der Waals surface area contributed by atoms with Gasteiger partial charge in [0.25, 0.3) is 0 Å². The van der Waals surface area contributed by atoms with Gasteiger partial charge in [0, 0.05) is 0 Å². The minimum atomic E-state index is -4.32.